The number of benzene rings is 3. The summed E-state index contributed by atoms with van der Waals surface area (Å²) in [6.07, 6.45) is 1.12. The quantitative estimate of drug-likeness (QED) is 0.191. The fourth-order valence-corrected chi connectivity index (χ4v) is 5.15. The third kappa shape index (κ3) is 8.75. The zero-order valence-corrected chi connectivity index (χ0v) is 23.3. The van der Waals surface area contributed by atoms with Gasteiger partial charge < -0.3 is 10.2 Å². The van der Waals surface area contributed by atoms with E-state index in [1.807, 2.05) is 37.3 Å². The number of non-ortho nitro benzene ring substituents is 1. The third-order valence-corrected chi connectivity index (χ3v) is 7.39. The maximum atomic E-state index is 13.6. The fraction of sp³-hybridized carbons (Fsp3) is 0.286. The van der Waals surface area contributed by atoms with Crippen molar-refractivity contribution in [3.05, 3.63) is 110 Å². The van der Waals surface area contributed by atoms with Crippen LogP contribution in [0.1, 0.15) is 30.0 Å². The van der Waals surface area contributed by atoms with Crippen LogP contribution in [0.2, 0.25) is 10.0 Å². The highest BCUT2D eigenvalue weighted by Crippen LogP contribution is 2.25. The first-order valence-corrected chi connectivity index (χ1v) is 14.1. The molecule has 0 aromatic heterocycles. The zero-order chi connectivity index (χ0) is 27.5. The zero-order valence-electron chi connectivity index (χ0n) is 20.9. The Hall–Kier alpha value is -3.07. The maximum Gasteiger partial charge on any atom is 0.269 e. The highest BCUT2D eigenvalue weighted by Gasteiger charge is 2.30. The fourth-order valence-electron chi connectivity index (χ4n) is 3.81. The molecule has 0 saturated heterocycles. The van der Waals surface area contributed by atoms with Gasteiger partial charge in [0.05, 0.1) is 10.7 Å². The van der Waals surface area contributed by atoms with E-state index in [0.717, 1.165) is 17.5 Å². The molecule has 0 fully saturated rings. The number of hydrogen-bond acceptors (Lipinski definition) is 5. The lowest BCUT2D eigenvalue weighted by Gasteiger charge is -2.32. The summed E-state index contributed by atoms with van der Waals surface area (Å²) in [6, 6.07) is 20.2. The van der Waals surface area contributed by atoms with Crippen molar-refractivity contribution in [2.75, 3.05) is 12.3 Å². The van der Waals surface area contributed by atoms with Gasteiger partial charge in [-0.3, -0.25) is 19.7 Å². The molecule has 38 heavy (non-hydrogen) atoms. The van der Waals surface area contributed by atoms with E-state index in [2.05, 4.69) is 5.32 Å². The molecule has 3 aromatic carbocycles. The van der Waals surface area contributed by atoms with Gasteiger partial charge >= 0.3 is 0 Å². The summed E-state index contributed by atoms with van der Waals surface area (Å²) in [5, 5.41) is 14.7. The van der Waals surface area contributed by atoms with Crippen LogP contribution in [-0.2, 0) is 28.3 Å². The summed E-state index contributed by atoms with van der Waals surface area (Å²) >= 11 is 13.9. The van der Waals surface area contributed by atoms with Gasteiger partial charge in [0.15, 0.2) is 0 Å². The van der Waals surface area contributed by atoms with E-state index in [-0.39, 0.29) is 29.8 Å². The van der Waals surface area contributed by atoms with Crippen molar-refractivity contribution in [2.45, 2.75) is 38.1 Å². The predicted molar refractivity (Wildman–Crippen MR) is 154 cm³/mol. The molecule has 0 aliphatic carbocycles. The summed E-state index contributed by atoms with van der Waals surface area (Å²) in [7, 11) is 0. The van der Waals surface area contributed by atoms with E-state index in [0.29, 0.717) is 34.3 Å². The molecule has 1 N–H and O–H groups in total. The summed E-state index contributed by atoms with van der Waals surface area (Å²) in [4.78, 5) is 39.0. The molecule has 0 spiro atoms. The molecule has 3 aromatic rings. The van der Waals surface area contributed by atoms with E-state index >= 15 is 0 Å². The SMILES string of the molecule is CCCNC(=O)[C@@H](Cc1ccccc1)N(Cc1ccc(Cl)cc1Cl)C(=O)CSCc1ccc([N+](=O)[O-])cc1. The lowest BCUT2D eigenvalue weighted by atomic mass is 10.0. The molecule has 0 saturated carbocycles. The van der Waals surface area contributed by atoms with E-state index < -0.39 is 11.0 Å². The molecule has 1 atom stereocenters. The Morgan fingerprint density at radius 1 is 1.03 bits per heavy atom. The number of hydrogen-bond donors (Lipinski definition) is 1. The topological polar surface area (TPSA) is 92.6 Å². The molecule has 3 rings (SSSR count). The highest BCUT2D eigenvalue weighted by molar-refractivity contribution is 7.99. The molecule has 2 amide bonds. The summed E-state index contributed by atoms with van der Waals surface area (Å²) in [6.45, 7) is 2.62. The van der Waals surface area contributed by atoms with Gasteiger partial charge in [-0.2, -0.15) is 0 Å². The maximum absolute atomic E-state index is 13.6. The Bertz CT molecular complexity index is 1240. The van der Waals surface area contributed by atoms with Crippen LogP contribution in [-0.4, -0.2) is 40.0 Å². The number of nitro groups is 1. The predicted octanol–water partition coefficient (Wildman–Crippen LogP) is 6.30. The minimum atomic E-state index is -0.747. The first kappa shape index (κ1) is 29.5. The van der Waals surface area contributed by atoms with Gasteiger partial charge in [0.2, 0.25) is 11.8 Å². The standard InChI is InChI=1S/C28H29Cl2N3O4S/c1-2-14-31-28(35)26(15-20-6-4-3-5-7-20)32(17-22-10-11-23(29)16-25(22)30)27(34)19-38-18-21-8-12-24(13-9-21)33(36)37/h3-13,16,26H,2,14-15,17-19H2,1H3,(H,31,35)/t26-/m1/s1. The number of nitro benzene ring substituents is 1. The van der Waals surface area contributed by atoms with E-state index in [1.165, 1.54) is 23.9 Å². The van der Waals surface area contributed by atoms with Gasteiger partial charge in [-0.25, -0.2) is 0 Å². The Labute approximate surface area is 236 Å². The summed E-state index contributed by atoms with van der Waals surface area (Å²) in [5.74, 6) is 0.171. The second-order valence-corrected chi connectivity index (χ2v) is 10.5. The van der Waals surface area contributed by atoms with Crippen LogP contribution in [0.4, 0.5) is 5.69 Å². The number of nitrogens with zero attached hydrogens (tertiary/aromatic N) is 2. The smallest absolute Gasteiger partial charge is 0.269 e. The van der Waals surface area contributed by atoms with Crippen molar-refractivity contribution in [1.82, 2.24) is 10.2 Å². The van der Waals surface area contributed by atoms with Gasteiger partial charge in [-0.05, 0) is 35.2 Å². The van der Waals surface area contributed by atoms with E-state index in [9.17, 15) is 19.7 Å². The average Bonchev–Trinajstić information content (AvgIpc) is 2.91. The van der Waals surface area contributed by atoms with Crippen LogP contribution < -0.4 is 5.32 Å². The monoisotopic (exact) mass is 573 g/mol. The van der Waals surface area contributed by atoms with Crippen LogP contribution >= 0.6 is 35.0 Å². The molecular formula is C28H29Cl2N3O4S. The van der Waals surface area contributed by atoms with Crippen LogP contribution in [0.15, 0.2) is 72.8 Å². The second kappa shape index (κ2) is 14.8. The number of rotatable bonds is 13. The van der Waals surface area contributed by atoms with Crippen LogP contribution in [0.3, 0.4) is 0 Å². The van der Waals surface area contributed by atoms with Gasteiger partial charge in [0.25, 0.3) is 5.69 Å². The number of amides is 2. The van der Waals surface area contributed by atoms with E-state index in [1.54, 1.807) is 35.2 Å². The van der Waals surface area contributed by atoms with Crippen molar-refractivity contribution in [2.24, 2.45) is 0 Å². The molecule has 0 heterocycles. The van der Waals surface area contributed by atoms with Crippen LogP contribution in [0.25, 0.3) is 0 Å². The molecule has 0 aliphatic rings. The molecule has 0 radical (unpaired) electrons. The van der Waals surface area contributed by atoms with Crippen LogP contribution in [0, 0.1) is 10.1 Å². The number of carbonyl (C=O) groups excluding carboxylic acids is 2. The first-order valence-electron chi connectivity index (χ1n) is 12.1. The highest BCUT2D eigenvalue weighted by atomic mass is 35.5. The lowest BCUT2D eigenvalue weighted by Crippen LogP contribution is -2.51. The summed E-state index contributed by atoms with van der Waals surface area (Å²) in [5.41, 5.74) is 2.50. The second-order valence-electron chi connectivity index (χ2n) is 8.67. The summed E-state index contributed by atoms with van der Waals surface area (Å²) < 4.78 is 0. The Morgan fingerprint density at radius 3 is 2.37 bits per heavy atom. The van der Waals surface area contributed by atoms with Gasteiger partial charge in [-0.1, -0.05) is 78.7 Å². The molecule has 0 aliphatic heterocycles. The van der Waals surface area contributed by atoms with Crippen molar-refractivity contribution in [3.8, 4) is 0 Å². The third-order valence-electron chi connectivity index (χ3n) is 5.82. The minimum Gasteiger partial charge on any atom is -0.354 e. The average molecular weight is 575 g/mol. The molecule has 10 heteroatoms. The Balaban J connectivity index is 1.83. The molecule has 0 bridgehead atoms. The number of thioether (sulfide) groups is 1. The first-order chi connectivity index (χ1) is 18.3. The van der Waals surface area contributed by atoms with Crippen molar-refractivity contribution in [3.63, 3.8) is 0 Å². The van der Waals surface area contributed by atoms with Gasteiger partial charge in [0.1, 0.15) is 6.04 Å². The molecular weight excluding hydrogens is 545 g/mol. The Morgan fingerprint density at radius 2 is 1.74 bits per heavy atom. The largest absolute Gasteiger partial charge is 0.354 e. The Kier molecular flexibility index (Phi) is 11.5. The van der Waals surface area contributed by atoms with Gasteiger partial charge in [0, 0.05) is 47.4 Å². The number of nitrogens with one attached hydrogen (secondary N) is 1. The number of carbonyl (C=O) groups is 2. The van der Waals surface area contributed by atoms with Gasteiger partial charge in [-0.15, -0.1) is 11.8 Å². The number of halogens is 2. The minimum absolute atomic E-state index is 0.0164. The molecule has 0 unspecified atom stereocenters. The van der Waals surface area contributed by atoms with Crippen molar-refractivity contribution >= 4 is 52.5 Å². The lowest BCUT2D eigenvalue weighted by molar-refractivity contribution is -0.384. The molecule has 200 valence electrons. The van der Waals surface area contributed by atoms with Crippen molar-refractivity contribution in [1.29, 1.82) is 0 Å². The normalized spacial score (nSPS) is 11.6. The van der Waals surface area contributed by atoms with Crippen LogP contribution in [0.5, 0.6) is 0 Å². The molecule has 7 nitrogen and oxygen atoms in total. The van der Waals surface area contributed by atoms with E-state index in [4.69, 9.17) is 23.2 Å². The van der Waals surface area contributed by atoms with Crippen molar-refractivity contribution < 1.29 is 14.5 Å².